The van der Waals surface area contributed by atoms with E-state index in [-0.39, 0.29) is 10.6 Å². The van der Waals surface area contributed by atoms with E-state index in [2.05, 4.69) is 5.32 Å². The van der Waals surface area contributed by atoms with Crippen LogP contribution in [0, 0.1) is 10.1 Å². The Kier molecular flexibility index (Phi) is 4.84. The van der Waals surface area contributed by atoms with E-state index in [1.165, 1.54) is 23.5 Å². The SMILES string of the molecule is CCCN(C)S(=O)(=O)c1cc([N+](=O)[O-])ccc1NC. The van der Waals surface area contributed by atoms with Crippen molar-refractivity contribution in [3.8, 4) is 0 Å². The normalized spacial score (nSPS) is 11.6. The van der Waals surface area contributed by atoms with Gasteiger partial charge in [0.1, 0.15) is 4.90 Å². The van der Waals surface area contributed by atoms with Crippen LogP contribution in [0.5, 0.6) is 0 Å². The van der Waals surface area contributed by atoms with E-state index < -0.39 is 14.9 Å². The van der Waals surface area contributed by atoms with Crippen LogP contribution in [0.15, 0.2) is 23.1 Å². The number of benzene rings is 1. The number of non-ortho nitro benzene ring substituents is 1. The highest BCUT2D eigenvalue weighted by Crippen LogP contribution is 2.28. The van der Waals surface area contributed by atoms with E-state index in [9.17, 15) is 18.5 Å². The van der Waals surface area contributed by atoms with Gasteiger partial charge in [0.25, 0.3) is 5.69 Å². The Bertz CT molecular complexity index is 571. The Hall–Kier alpha value is -1.67. The van der Waals surface area contributed by atoms with Gasteiger partial charge in [-0.05, 0) is 12.5 Å². The molecule has 1 N–H and O–H groups in total. The van der Waals surface area contributed by atoms with Crippen molar-refractivity contribution in [1.82, 2.24) is 4.31 Å². The van der Waals surface area contributed by atoms with Crippen LogP contribution in [0.25, 0.3) is 0 Å². The van der Waals surface area contributed by atoms with Gasteiger partial charge in [0.15, 0.2) is 0 Å². The molecule has 19 heavy (non-hydrogen) atoms. The Labute approximate surface area is 112 Å². The maximum Gasteiger partial charge on any atom is 0.270 e. The summed E-state index contributed by atoms with van der Waals surface area (Å²) < 4.78 is 25.9. The van der Waals surface area contributed by atoms with Crippen LogP contribution in [-0.2, 0) is 10.0 Å². The zero-order valence-corrected chi connectivity index (χ0v) is 11.9. The standard InChI is InChI=1S/C11H17N3O4S/c1-4-7-13(3)19(17,18)11-8-9(14(15)16)5-6-10(11)12-2/h5-6,8,12H,4,7H2,1-3H3. The monoisotopic (exact) mass is 287 g/mol. The maximum atomic E-state index is 12.3. The van der Waals surface area contributed by atoms with Crippen molar-refractivity contribution in [2.75, 3.05) is 26.0 Å². The molecule has 0 saturated heterocycles. The van der Waals surface area contributed by atoms with E-state index in [0.29, 0.717) is 18.7 Å². The predicted molar refractivity (Wildman–Crippen MR) is 72.7 cm³/mol. The Morgan fingerprint density at radius 1 is 1.42 bits per heavy atom. The van der Waals surface area contributed by atoms with Gasteiger partial charge in [0.05, 0.1) is 10.6 Å². The molecule has 0 fully saturated rings. The summed E-state index contributed by atoms with van der Waals surface area (Å²) >= 11 is 0. The molecule has 106 valence electrons. The van der Waals surface area contributed by atoms with E-state index in [4.69, 9.17) is 0 Å². The smallest absolute Gasteiger partial charge is 0.270 e. The minimum absolute atomic E-state index is 0.0832. The van der Waals surface area contributed by atoms with Crippen molar-refractivity contribution in [1.29, 1.82) is 0 Å². The van der Waals surface area contributed by atoms with Gasteiger partial charge in [0, 0.05) is 32.8 Å². The molecule has 0 aliphatic carbocycles. The molecule has 0 aliphatic heterocycles. The van der Waals surface area contributed by atoms with Crippen LogP contribution < -0.4 is 5.32 Å². The number of nitrogens with one attached hydrogen (secondary N) is 1. The number of sulfonamides is 1. The molecule has 0 unspecified atom stereocenters. The Morgan fingerprint density at radius 3 is 2.53 bits per heavy atom. The van der Waals surface area contributed by atoms with Gasteiger partial charge in [-0.1, -0.05) is 6.92 Å². The maximum absolute atomic E-state index is 12.3. The average Bonchev–Trinajstić information content (AvgIpc) is 2.38. The first-order chi connectivity index (χ1) is 8.84. The quantitative estimate of drug-likeness (QED) is 0.634. The number of hydrogen-bond donors (Lipinski definition) is 1. The van der Waals surface area contributed by atoms with E-state index in [1.54, 1.807) is 7.05 Å². The molecule has 7 nitrogen and oxygen atoms in total. The summed E-state index contributed by atoms with van der Waals surface area (Å²) in [6, 6.07) is 3.74. The summed E-state index contributed by atoms with van der Waals surface area (Å²) in [4.78, 5) is 10.1. The van der Waals surface area contributed by atoms with E-state index in [1.807, 2.05) is 6.92 Å². The summed E-state index contributed by atoms with van der Waals surface area (Å²) in [6.45, 7) is 2.21. The van der Waals surface area contributed by atoms with Crippen LogP contribution in [0.3, 0.4) is 0 Å². The third kappa shape index (κ3) is 3.21. The number of anilines is 1. The first kappa shape index (κ1) is 15.4. The number of nitrogens with zero attached hydrogens (tertiary/aromatic N) is 2. The minimum Gasteiger partial charge on any atom is -0.387 e. The van der Waals surface area contributed by atoms with Gasteiger partial charge in [-0.25, -0.2) is 12.7 Å². The summed E-state index contributed by atoms with van der Waals surface area (Å²) in [5.41, 5.74) is 0.0935. The van der Waals surface area contributed by atoms with Gasteiger partial charge in [-0.2, -0.15) is 0 Å². The average molecular weight is 287 g/mol. The van der Waals surface area contributed by atoms with Gasteiger partial charge >= 0.3 is 0 Å². The first-order valence-corrected chi connectivity index (χ1v) is 7.21. The largest absolute Gasteiger partial charge is 0.387 e. The van der Waals surface area contributed by atoms with Crippen LogP contribution >= 0.6 is 0 Å². The zero-order chi connectivity index (χ0) is 14.6. The topological polar surface area (TPSA) is 92.5 Å². The van der Waals surface area contributed by atoms with Crippen molar-refractivity contribution in [2.24, 2.45) is 0 Å². The molecule has 8 heteroatoms. The van der Waals surface area contributed by atoms with Crippen LogP contribution in [0.1, 0.15) is 13.3 Å². The lowest BCUT2D eigenvalue weighted by Crippen LogP contribution is -2.28. The van der Waals surface area contributed by atoms with Gasteiger partial charge in [0.2, 0.25) is 10.0 Å². The molecule has 1 aromatic carbocycles. The third-order valence-electron chi connectivity index (χ3n) is 2.67. The summed E-state index contributed by atoms with van der Waals surface area (Å²) in [7, 11) is -0.709. The highest BCUT2D eigenvalue weighted by Gasteiger charge is 2.25. The van der Waals surface area contributed by atoms with E-state index >= 15 is 0 Å². The van der Waals surface area contributed by atoms with Crippen molar-refractivity contribution >= 4 is 21.4 Å². The third-order valence-corrected chi connectivity index (χ3v) is 4.57. The highest BCUT2D eigenvalue weighted by molar-refractivity contribution is 7.89. The fourth-order valence-electron chi connectivity index (χ4n) is 1.65. The second kappa shape index (κ2) is 5.98. The van der Waals surface area contributed by atoms with E-state index in [0.717, 1.165) is 6.07 Å². The highest BCUT2D eigenvalue weighted by atomic mass is 32.2. The summed E-state index contributed by atoms with van der Waals surface area (Å²) in [5.74, 6) is 0. The number of nitro benzene ring substituents is 1. The zero-order valence-electron chi connectivity index (χ0n) is 11.1. The lowest BCUT2D eigenvalue weighted by atomic mass is 10.3. The van der Waals surface area contributed by atoms with Gasteiger partial charge < -0.3 is 5.32 Å². The molecule has 1 rings (SSSR count). The number of hydrogen-bond acceptors (Lipinski definition) is 5. The van der Waals surface area contributed by atoms with Crippen molar-refractivity contribution in [3.63, 3.8) is 0 Å². The first-order valence-electron chi connectivity index (χ1n) is 5.77. The van der Waals surface area contributed by atoms with Gasteiger partial charge in [-0.15, -0.1) is 0 Å². The van der Waals surface area contributed by atoms with Crippen molar-refractivity contribution < 1.29 is 13.3 Å². The van der Waals surface area contributed by atoms with Crippen LogP contribution in [-0.4, -0.2) is 38.3 Å². The molecule has 0 bridgehead atoms. The van der Waals surface area contributed by atoms with Crippen LogP contribution in [0.4, 0.5) is 11.4 Å². The summed E-state index contributed by atoms with van der Waals surface area (Å²) in [5, 5.41) is 13.5. The lowest BCUT2D eigenvalue weighted by molar-refractivity contribution is -0.385. The molecule has 0 atom stereocenters. The molecule has 0 radical (unpaired) electrons. The lowest BCUT2D eigenvalue weighted by Gasteiger charge is -2.18. The number of nitro groups is 1. The molecular formula is C11H17N3O4S. The van der Waals surface area contributed by atoms with Crippen LogP contribution in [0.2, 0.25) is 0 Å². The van der Waals surface area contributed by atoms with Crippen molar-refractivity contribution in [2.45, 2.75) is 18.2 Å². The molecule has 1 aromatic rings. The Morgan fingerprint density at radius 2 is 2.05 bits per heavy atom. The fraction of sp³-hybridized carbons (Fsp3) is 0.455. The molecule has 0 aliphatic rings. The molecule has 0 saturated carbocycles. The number of rotatable bonds is 6. The molecular weight excluding hydrogens is 270 g/mol. The molecule has 0 heterocycles. The molecule has 0 amide bonds. The van der Waals surface area contributed by atoms with Crippen molar-refractivity contribution in [3.05, 3.63) is 28.3 Å². The Balaban J connectivity index is 3.38. The second-order valence-electron chi connectivity index (χ2n) is 4.01. The second-order valence-corrected chi connectivity index (χ2v) is 6.03. The fourth-order valence-corrected chi connectivity index (χ4v) is 3.12. The minimum atomic E-state index is -3.73. The molecule has 0 spiro atoms. The predicted octanol–water partition coefficient (Wildman–Crippen LogP) is 1.67. The summed E-state index contributed by atoms with van der Waals surface area (Å²) in [6.07, 6.45) is 0.666. The van der Waals surface area contributed by atoms with Gasteiger partial charge in [-0.3, -0.25) is 10.1 Å². The molecule has 0 aromatic heterocycles.